The minimum atomic E-state index is -4.48. The number of carbonyl (C=O) groups excluding carboxylic acids is 1. The summed E-state index contributed by atoms with van der Waals surface area (Å²) < 4.78 is 35.9. The highest BCUT2D eigenvalue weighted by Gasteiger charge is 2.32. The predicted octanol–water partition coefficient (Wildman–Crippen LogP) is 1.30. The number of hydrogen-bond donors (Lipinski definition) is 2. The number of aliphatic carboxylic acids is 1. The van der Waals surface area contributed by atoms with E-state index in [9.17, 15) is 22.8 Å². The maximum absolute atomic E-state index is 12.0. The molecule has 0 aromatic rings. The quantitative estimate of drug-likeness (QED) is 0.796. The zero-order chi connectivity index (χ0) is 13.8. The molecule has 0 aromatic carbocycles. The monoisotopic (exact) mass is 256 g/mol. The van der Waals surface area contributed by atoms with Crippen molar-refractivity contribution in [1.29, 1.82) is 0 Å². The number of hydrogen-bond acceptors (Lipinski definition) is 2. The molecule has 0 radical (unpaired) electrons. The first-order valence-electron chi connectivity index (χ1n) is 4.85. The van der Waals surface area contributed by atoms with Crippen LogP contribution in [0.2, 0.25) is 0 Å². The van der Waals surface area contributed by atoms with Crippen molar-refractivity contribution in [2.45, 2.75) is 26.1 Å². The second-order valence-corrected chi connectivity index (χ2v) is 3.84. The molecule has 0 spiro atoms. The summed E-state index contributed by atoms with van der Waals surface area (Å²) in [5, 5.41) is 10.8. The second-order valence-electron chi connectivity index (χ2n) is 3.84. The van der Waals surface area contributed by atoms with Crippen LogP contribution in [-0.2, 0) is 4.79 Å². The van der Waals surface area contributed by atoms with Crippen LogP contribution < -0.4 is 5.32 Å². The summed E-state index contributed by atoms with van der Waals surface area (Å²) in [6, 6.07) is -1.71. The van der Waals surface area contributed by atoms with Gasteiger partial charge in [-0.2, -0.15) is 13.2 Å². The molecule has 100 valence electrons. The predicted molar refractivity (Wildman–Crippen MR) is 53.5 cm³/mol. The van der Waals surface area contributed by atoms with Gasteiger partial charge in [-0.25, -0.2) is 4.79 Å². The van der Waals surface area contributed by atoms with Crippen molar-refractivity contribution in [1.82, 2.24) is 10.2 Å². The molecule has 8 heteroatoms. The first-order chi connectivity index (χ1) is 7.54. The van der Waals surface area contributed by atoms with Crippen LogP contribution in [-0.4, -0.2) is 47.8 Å². The third-order valence-electron chi connectivity index (χ3n) is 2.25. The zero-order valence-electron chi connectivity index (χ0n) is 9.71. The Morgan fingerprint density at radius 3 is 2.18 bits per heavy atom. The van der Waals surface area contributed by atoms with Crippen molar-refractivity contribution in [2.24, 2.45) is 5.92 Å². The fraction of sp³-hybridized carbons (Fsp3) is 0.778. The number of halogens is 3. The summed E-state index contributed by atoms with van der Waals surface area (Å²) in [4.78, 5) is 22.3. The molecule has 0 aliphatic rings. The number of urea groups is 1. The number of nitrogens with zero attached hydrogens (tertiary/aromatic N) is 1. The Balaban J connectivity index is 4.30. The Bertz CT molecular complexity index is 294. The molecule has 2 atom stereocenters. The van der Waals surface area contributed by atoms with Gasteiger partial charge in [0.2, 0.25) is 0 Å². The number of carboxylic acids is 1. The topological polar surface area (TPSA) is 69.6 Å². The highest BCUT2D eigenvalue weighted by molar-refractivity contribution is 5.76. The van der Waals surface area contributed by atoms with E-state index in [0.29, 0.717) is 4.90 Å². The lowest BCUT2D eigenvalue weighted by Crippen LogP contribution is -2.48. The third kappa shape index (κ3) is 5.98. The van der Waals surface area contributed by atoms with Crippen LogP contribution in [0.5, 0.6) is 0 Å². The molecular formula is C9H15F3N2O3. The maximum Gasteiger partial charge on any atom is 0.406 e. The minimum absolute atomic E-state index is 0.449. The average molecular weight is 256 g/mol. The Morgan fingerprint density at radius 1 is 1.35 bits per heavy atom. The number of alkyl halides is 3. The van der Waals surface area contributed by atoms with Crippen molar-refractivity contribution in [3.05, 3.63) is 0 Å². The van der Waals surface area contributed by atoms with E-state index in [4.69, 9.17) is 5.11 Å². The van der Waals surface area contributed by atoms with Gasteiger partial charge in [-0.3, -0.25) is 4.79 Å². The van der Waals surface area contributed by atoms with Gasteiger partial charge >= 0.3 is 18.2 Å². The van der Waals surface area contributed by atoms with E-state index in [-0.39, 0.29) is 0 Å². The van der Waals surface area contributed by atoms with Crippen molar-refractivity contribution in [3.63, 3.8) is 0 Å². The maximum atomic E-state index is 12.0. The summed E-state index contributed by atoms with van der Waals surface area (Å²) in [6.45, 7) is 1.39. The van der Waals surface area contributed by atoms with E-state index in [0.717, 1.165) is 7.05 Å². The molecule has 0 aliphatic heterocycles. The highest BCUT2D eigenvalue weighted by Crippen LogP contribution is 2.15. The van der Waals surface area contributed by atoms with E-state index in [1.165, 1.54) is 13.8 Å². The Morgan fingerprint density at radius 2 is 1.82 bits per heavy atom. The van der Waals surface area contributed by atoms with Gasteiger partial charge in [0.25, 0.3) is 0 Å². The van der Waals surface area contributed by atoms with Gasteiger partial charge in [-0.1, -0.05) is 0 Å². The fourth-order valence-corrected chi connectivity index (χ4v) is 0.985. The van der Waals surface area contributed by atoms with E-state index < -0.39 is 36.7 Å². The van der Waals surface area contributed by atoms with Crippen molar-refractivity contribution >= 4 is 12.0 Å². The first kappa shape index (κ1) is 15.5. The lowest BCUT2D eigenvalue weighted by Gasteiger charge is -2.23. The molecular weight excluding hydrogens is 241 g/mol. The fourth-order valence-electron chi connectivity index (χ4n) is 0.985. The molecule has 0 aliphatic carbocycles. The summed E-state index contributed by atoms with van der Waals surface area (Å²) in [7, 11) is 0.987. The number of carboxylic acid groups (broad SMARTS) is 1. The molecule has 5 nitrogen and oxygen atoms in total. The van der Waals surface area contributed by atoms with Gasteiger partial charge in [0.1, 0.15) is 6.54 Å². The Kier molecular flexibility index (Phi) is 5.24. The summed E-state index contributed by atoms with van der Waals surface area (Å²) in [5.41, 5.74) is 0. The lowest BCUT2D eigenvalue weighted by atomic mass is 10.0. The van der Waals surface area contributed by atoms with Crippen LogP contribution in [0.15, 0.2) is 0 Å². The van der Waals surface area contributed by atoms with E-state index in [1.54, 1.807) is 0 Å². The number of carbonyl (C=O) groups is 2. The van der Waals surface area contributed by atoms with Crippen molar-refractivity contribution in [3.8, 4) is 0 Å². The molecule has 2 unspecified atom stereocenters. The first-order valence-corrected chi connectivity index (χ1v) is 4.85. The van der Waals surface area contributed by atoms with Gasteiger partial charge < -0.3 is 15.3 Å². The highest BCUT2D eigenvalue weighted by atomic mass is 19.4. The number of rotatable bonds is 4. The minimum Gasteiger partial charge on any atom is -0.481 e. The van der Waals surface area contributed by atoms with Crippen LogP contribution in [0.1, 0.15) is 13.8 Å². The molecule has 2 N–H and O–H groups in total. The van der Waals surface area contributed by atoms with Crippen LogP contribution in [0.4, 0.5) is 18.0 Å². The van der Waals surface area contributed by atoms with Crippen LogP contribution in [0.25, 0.3) is 0 Å². The molecule has 0 bridgehead atoms. The normalized spacial score (nSPS) is 14.9. The lowest BCUT2D eigenvalue weighted by molar-refractivity contribution is -0.142. The van der Waals surface area contributed by atoms with Crippen LogP contribution >= 0.6 is 0 Å². The van der Waals surface area contributed by atoms with Crippen molar-refractivity contribution < 1.29 is 27.9 Å². The van der Waals surface area contributed by atoms with Crippen LogP contribution in [0.3, 0.4) is 0 Å². The standard InChI is InChI=1S/C9H15F3N2O3/c1-5(7(15)16)6(2)13-8(17)14(3)4-9(10,11)12/h5-6H,4H2,1-3H3,(H,13,17)(H,15,16). The largest absolute Gasteiger partial charge is 0.481 e. The molecule has 2 amide bonds. The van der Waals surface area contributed by atoms with E-state index in [2.05, 4.69) is 5.32 Å². The zero-order valence-corrected chi connectivity index (χ0v) is 9.71. The Labute approximate surface area is 96.6 Å². The van der Waals surface area contributed by atoms with Gasteiger partial charge in [0.15, 0.2) is 0 Å². The molecule has 0 rings (SSSR count). The van der Waals surface area contributed by atoms with Crippen LogP contribution in [0, 0.1) is 5.92 Å². The third-order valence-corrected chi connectivity index (χ3v) is 2.25. The molecule has 0 saturated carbocycles. The summed E-state index contributed by atoms with van der Waals surface area (Å²) in [5.74, 6) is -2.01. The molecule has 0 aromatic heterocycles. The van der Waals surface area contributed by atoms with Gasteiger partial charge in [0.05, 0.1) is 5.92 Å². The van der Waals surface area contributed by atoms with Gasteiger partial charge in [0, 0.05) is 13.1 Å². The smallest absolute Gasteiger partial charge is 0.406 e. The van der Waals surface area contributed by atoms with E-state index in [1.807, 2.05) is 0 Å². The average Bonchev–Trinajstić information content (AvgIpc) is 2.13. The number of amides is 2. The van der Waals surface area contributed by atoms with Gasteiger partial charge in [-0.15, -0.1) is 0 Å². The summed E-state index contributed by atoms with van der Waals surface area (Å²) in [6.07, 6.45) is -4.48. The molecule has 0 saturated heterocycles. The van der Waals surface area contributed by atoms with Gasteiger partial charge in [-0.05, 0) is 13.8 Å². The molecule has 0 fully saturated rings. The summed E-state index contributed by atoms with van der Waals surface area (Å²) >= 11 is 0. The van der Waals surface area contributed by atoms with E-state index >= 15 is 0 Å². The second kappa shape index (κ2) is 5.74. The molecule has 0 heterocycles. The molecule has 17 heavy (non-hydrogen) atoms. The van der Waals surface area contributed by atoms with Crippen molar-refractivity contribution in [2.75, 3.05) is 13.6 Å². The Hall–Kier alpha value is -1.47. The number of nitrogens with one attached hydrogen (secondary N) is 1. The SMILES string of the molecule is CC(NC(=O)N(C)CC(F)(F)F)C(C)C(=O)O.